The van der Waals surface area contributed by atoms with E-state index in [-0.39, 0.29) is 12.1 Å². The number of carbonyl (C=O) groups excluding carboxylic acids is 1. The Balaban J connectivity index is 1.13. The quantitative estimate of drug-likeness (QED) is 0.412. The Kier molecular flexibility index (Phi) is 5.74. The molecule has 3 fully saturated rings. The first-order valence-electron chi connectivity index (χ1n) is 12.4. The second kappa shape index (κ2) is 9.19. The van der Waals surface area contributed by atoms with Gasteiger partial charge < -0.3 is 4.74 Å². The molecule has 1 N–H and O–H groups in total. The molecule has 6 nitrogen and oxygen atoms in total. The number of rotatable bonds is 5. The molecule has 3 aliphatic rings. The highest BCUT2D eigenvalue weighted by atomic mass is 16.5. The molecule has 1 amide bonds. The van der Waals surface area contributed by atoms with E-state index in [2.05, 4.69) is 70.5 Å². The zero-order valence-electron chi connectivity index (χ0n) is 19.9. The molecule has 4 heterocycles. The number of hydrogen-bond acceptors (Lipinski definition) is 4. The Labute approximate surface area is 205 Å². The molecule has 3 aromatic carbocycles. The van der Waals surface area contributed by atoms with Crippen LogP contribution in [0.3, 0.4) is 0 Å². The maximum absolute atomic E-state index is 12.2. The molecule has 178 valence electrons. The zero-order chi connectivity index (χ0) is 23.8. The van der Waals surface area contributed by atoms with Crippen LogP contribution >= 0.6 is 0 Å². The monoisotopic (exact) mass is 466 g/mol. The summed E-state index contributed by atoms with van der Waals surface area (Å²) in [6.07, 6.45) is 1.83. The third-order valence-corrected chi connectivity index (χ3v) is 7.65. The van der Waals surface area contributed by atoms with E-state index < -0.39 is 0 Å². The Morgan fingerprint density at radius 1 is 1.03 bits per heavy atom. The molecular formula is C29H30N4O2. The lowest BCUT2D eigenvalue weighted by molar-refractivity contribution is -0.00222. The third-order valence-electron chi connectivity index (χ3n) is 7.65. The second-order valence-electron chi connectivity index (χ2n) is 9.77. The largest absolute Gasteiger partial charge is 0.448 e. The van der Waals surface area contributed by atoms with E-state index in [1.54, 1.807) is 0 Å². The highest BCUT2D eigenvalue weighted by Gasteiger charge is 2.42. The molecule has 0 saturated carbocycles. The van der Waals surface area contributed by atoms with Crippen LogP contribution in [0.15, 0.2) is 78.9 Å². The zero-order valence-corrected chi connectivity index (χ0v) is 19.9. The predicted octanol–water partition coefficient (Wildman–Crippen LogP) is 5.67. The lowest BCUT2D eigenvalue weighted by atomic mass is 9.74. The van der Waals surface area contributed by atoms with Crippen molar-refractivity contribution in [2.24, 2.45) is 13.0 Å². The number of piperidine rings is 3. The standard InChI is InChI=1S/C29H30N4O2/c1-32-28(17-27(31-32)23-12-11-20-7-5-6-8-21(20)15-23)26-18-33-14-13-22(26)16-25(33)19-35-29(34)30-24-9-3-2-4-10-24/h2-12,15,17,22,25-26H,13-14,16,18-19H2,1H3,(H,30,34). The second-order valence-corrected chi connectivity index (χ2v) is 9.77. The van der Waals surface area contributed by atoms with Crippen molar-refractivity contribution in [3.05, 3.63) is 84.6 Å². The minimum atomic E-state index is -0.387. The van der Waals surface area contributed by atoms with E-state index in [4.69, 9.17) is 9.84 Å². The molecule has 7 rings (SSSR count). The van der Waals surface area contributed by atoms with E-state index in [1.165, 1.54) is 22.9 Å². The van der Waals surface area contributed by atoms with Crippen molar-refractivity contribution in [3.8, 4) is 11.3 Å². The molecule has 4 aromatic rings. The maximum atomic E-state index is 12.2. The van der Waals surface area contributed by atoms with Gasteiger partial charge in [-0.25, -0.2) is 4.79 Å². The smallest absolute Gasteiger partial charge is 0.411 e. The van der Waals surface area contributed by atoms with Crippen LogP contribution in [0.5, 0.6) is 0 Å². The van der Waals surface area contributed by atoms with Crippen molar-refractivity contribution in [1.82, 2.24) is 14.7 Å². The topological polar surface area (TPSA) is 59.4 Å². The Morgan fingerprint density at radius 3 is 2.63 bits per heavy atom. The summed E-state index contributed by atoms with van der Waals surface area (Å²) in [4.78, 5) is 14.7. The first kappa shape index (κ1) is 21.9. The van der Waals surface area contributed by atoms with Gasteiger partial charge in [-0.05, 0) is 60.3 Å². The third kappa shape index (κ3) is 4.42. The summed E-state index contributed by atoms with van der Waals surface area (Å²) >= 11 is 0. The van der Waals surface area contributed by atoms with Gasteiger partial charge >= 0.3 is 6.09 Å². The summed E-state index contributed by atoms with van der Waals surface area (Å²) in [7, 11) is 2.06. The number of benzene rings is 3. The van der Waals surface area contributed by atoms with Gasteiger partial charge in [-0.15, -0.1) is 0 Å². The number of para-hydroxylation sites is 1. The molecule has 0 aliphatic carbocycles. The van der Waals surface area contributed by atoms with E-state index in [0.29, 0.717) is 18.4 Å². The lowest BCUT2D eigenvalue weighted by Crippen LogP contribution is -2.54. The van der Waals surface area contributed by atoms with Gasteiger partial charge in [0, 0.05) is 42.5 Å². The van der Waals surface area contributed by atoms with Gasteiger partial charge in [0.2, 0.25) is 0 Å². The van der Waals surface area contributed by atoms with Crippen LogP contribution in [-0.2, 0) is 11.8 Å². The summed E-state index contributed by atoms with van der Waals surface area (Å²) in [5.41, 5.74) is 4.23. The highest BCUT2D eigenvalue weighted by molar-refractivity contribution is 5.87. The molecule has 3 saturated heterocycles. The number of aromatic nitrogens is 2. The van der Waals surface area contributed by atoms with Gasteiger partial charge in [0.1, 0.15) is 6.61 Å². The SMILES string of the molecule is Cn1nc(-c2ccc3ccccc3c2)cc1C1CN2CCC1CC2COC(=O)Nc1ccccc1. The lowest BCUT2D eigenvalue weighted by Gasteiger charge is -2.49. The summed E-state index contributed by atoms with van der Waals surface area (Å²) in [5.74, 6) is 1.02. The molecule has 0 spiro atoms. The van der Waals surface area contributed by atoms with E-state index in [0.717, 1.165) is 36.5 Å². The molecular weight excluding hydrogens is 436 g/mol. The molecule has 4 unspecified atom stereocenters. The number of anilines is 1. The first-order chi connectivity index (χ1) is 17.1. The van der Waals surface area contributed by atoms with Crippen LogP contribution in [0, 0.1) is 5.92 Å². The van der Waals surface area contributed by atoms with Crippen LogP contribution < -0.4 is 5.32 Å². The molecule has 1 aromatic heterocycles. The summed E-state index contributed by atoms with van der Waals surface area (Å²) < 4.78 is 7.66. The predicted molar refractivity (Wildman–Crippen MR) is 138 cm³/mol. The molecule has 35 heavy (non-hydrogen) atoms. The average molecular weight is 467 g/mol. The first-order valence-corrected chi connectivity index (χ1v) is 12.4. The average Bonchev–Trinajstić information content (AvgIpc) is 3.29. The number of nitrogens with zero attached hydrogens (tertiary/aromatic N) is 3. The number of carbonyl (C=O) groups is 1. The Hall–Kier alpha value is -3.64. The normalized spacial score (nSPS) is 23.3. The van der Waals surface area contributed by atoms with Crippen LogP contribution in [0.25, 0.3) is 22.0 Å². The minimum Gasteiger partial charge on any atom is -0.448 e. The maximum Gasteiger partial charge on any atom is 0.411 e. The number of nitrogens with one attached hydrogen (secondary N) is 1. The number of amides is 1. The fraction of sp³-hybridized carbons (Fsp3) is 0.310. The van der Waals surface area contributed by atoms with Gasteiger partial charge in [-0.1, -0.05) is 54.6 Å². The summed E-state index contributed by atoms with van der Waals surface area (Å²) in [6, 6.07) is 27.0. The van der Waals surface area contributed by atoms with Crippen molar-refractivity contribution in [2.75, 3.05) is 25.0 Å². The van der Waals surface area contributed by atoms with Crippen molar-refractivity contribution in [3.63, 3.8) is 0 Å². The Morgan fingerprint density at radius 2 is 1.83 bits per heavy atom. The molecule has 4 atom stereocenters. The molecule has 6 heteroatoms. The van der Waals surface area contributed by atoms with Crippen molar-refractivity contribution >= 4 is 22.6 Å². The minimum absolute atomic E-state index is 0.278. The number of aryl methyl sites for hydroxylation is 1. The summed E-state index contributed by atoms with van der Waals surface area (Å²) in [5, 5.41) is 10.2. The fourth-order valence-electron chi connectivity index (χ4n) is 5.81. The van der Waals surface area contributed by atoms with Crippen LogP contribution in [0.2, 0.25) is 0 Å². The van der Waals surface area contributed by atoms with Gasteiger partial charge in [0.05, 0.1) is 5.69 Å². The van der Waals surface area contributed by atoms with E-state index >= 15 is 0 Å². The van der Waals surface area contributed by atoms with Gasteiger partial charge in [0.25, 0.3) is 0 Å². The van der Waals surface area contributed by atoms with Crippen LogP contribution in [0.4, 0.5) is 10.5 Å². The van der Waals surface area contributed by atoms with Crippen molar-refractivity contribution in [2.45, 2.75) is 24.8 Å². The van der Waals surface area contributed by atoms with E-state index in [9.17, 15) is 4.79 Å². The van der Waals surface area contributed by atoms with Gasteiger partial charge in [0.15, 0.2) is 0 Å². The number of fused-ring (bicyclic) bond motifs is 4. The Bertz CT molecular complexity index is 1350. The molecule has 3 aliphatic heterocycles. The van der Waals surface area contributed by atoms with Gasteiger partial charge in [-0.3, -0.25) is 14.9 Å². The number of hydrogen-bond donors (Lipinski definition) is 1. The highest BCUT2D eigenvalue weighted by Crippen LogP contribution is 2.42. The van der Waals surface area contributed by atoms with Crippen molar-refractivity contribution < 1.29 is 9.53 Å². The fourth-order valence-corrected chi connectivity index (χ4v) is 5.81. The molecule has 0 radical (unpaired) electrons. The number of ether oxygens (including phenoxy) is 1. The van der Waals surface area contributed by atoms with Crippen LogP contribution in [0.1, 0.15) is 24.5 Å². The van der Waals surface area contributed by atoms with Crippen LogP contribution in [-0.4, -0.2) is 46.5 Å². The molecule has 2 bridgehead atoms. The van der Waals surface area contributed by atoms with Gasteiger partial charge in [-0.2, -0.15) is 5.10 Å². The van der Waals surface area contributed by atoms with E-state index in [1.807, 2.05) is 30.3 Å². The van der Waals surface area contributed by atoms with Crippen molar-refractivity contribution in [1.29, 1.82) is 0 Å². The summed E-state index contributed by atoms with van der Waals surface area (Å²) in [6.45, 7) is 2.47.